The van der Waals surface area contributed by atoms with Gasteiger partial charge in [-0.15, -0.1) is 10.2 Å². The number of benzene rings is 1. The van der Waals surface area contributed by atoms with Crippen LogP contribution >= 0.6 is 15.9 Å². The van der Waals surface area contributed by atoms with Crippen molar-refractivity contribution in [2.75, 3.05) is 0 Å². The van der Waals surface area contributed by atoms with E-state index in [0.717, 1.165) is 28.4 Å². The van der Waals surface area contributed by atoms with Gasteiger partial charge in [0.1, 0.15) is 0 Å². The van der Waals surface area contributed by atoms with Gasteiger partial charge in [0.2, 0.25) is 5.82 Å². The van der Waals surface area contributed by atoms with Gasteiger partial charge in [0, 0.05) is 10.0 Å². The van der Waals surface area contributed by atoms with Crippen LogP contribution in [0.1, 0.15) is 37.9 Å². The molecule has 2 rings (SSSR count). The topological polar surface area (TPSA) is 77.5 Å². The van der Waals surface area contributed by atoms with Gasteiger partial charge in [-0.1, -0.05) is 59.8 Å². The fourth-order valence-corrected chi connectivity index (χ4v) is 2.18. The molecule has 19 heavy (non-hydrogen) atoms. The zero-order valence-electron chi connectivity index (χ0n) is 11.1. The molecule has 0 aliphatic carbocycles. The summed E-state index contributed by atoms with van der Waals surface area (Å²) in [4.78, 5) is 0. The number of halogens is 1. The molecule has 0 saturated heterocycles. The number of nitrogens with one attached hydrogen (secondary N) is 1. The first kappa shape index (κ1) is 16.4. The van der Waals surface area contributed by atoms with E-state index in [1.165, 1.54) is 0 Å². The average molecular weight is 317 g/mol. The van der Waals surface area contributed by atoms with Gasteiger partial charge in [0.05, 0.1) is 0 Å². The Morgan fingerprint density at radius 2 is 2.21 bits per heavy atom. The van der Waals surface area contributed by atoms with Crippen LogP contribution in [0, 0.1) is 0 Å². The number of hydrogen-bond acceptors (Lipinski definition) is 4. The molecule has 0 aliphatic heterocycles. The fourth-order valence-electron chi connectivity index (χ4n) is 1.82. The first-order valence-electron chi connectivity index (χ1n) is 5.91. The summed E-state index contributed by atoms with van der Waals surface area (Å²) >= 11 is 3.40. The van der Waals surface area contributed by atoms with Gasteiger partial charge in [-0.25, -0.2) is 0 Å². The molecule has 1 N–H and O–H groups in total. The Hall–Kier alpha value is -0.673. The van der Waals surface area contributed by atoms with Crippen LogP contribution in [0.5, 0.6) is 0 Å². The van der Waals surface area contributed by atoms with Crippen molar-refractivity contribution in [3.8, 4) is 11.4 Å². The second-order valence-corrected chi connectivity index (χ2v) is 5.01. The third-order valence-corrected chi connectivity index (χ3v) is 3.26. The summed E-state index contributed by atoms with van der Waals surface area (Å²) in [5.74, 6) is 0.462. The van der Waals surface area contributed by atoms with E-state index in [4.69, 9.17) is 0 Å². The van der Waals surface area contributed by atoms with Gasteiger partial charge >= 0.3 is 18.9 Å². The monoisotopic (exact) mass is 316 g/mol. The molecule has 0 radical (unpaired) electrons. The summed E-state index contributed by atoms with van der Waals surface area (Å²) in [6, 6.07) is 5.57. The molecule has 0 aliphatic rings. The smallest absolute Gasteiger partial charge is 0.849 e. The molecule has 0 spiro atoms. The van der Waals surface area contributed by atoms with E-state index >= 15 is 0 Å². The Balaban J connectivity index is 0.00000180. The molecule has 1 aromatic carbocycles. The molecule has 0 amide bonds. The largest absolute Gasteiger partial charge is 1.00 e. The second kappa shape index (κ2) is 7.81. The van der Waals surface area contributed by atoms with Crippen molar-refractivity contribution >= 4 is 15.9 Å². The standard InChI is InChI=1S/C12H14BrN4O.Li/c1-2-3-4-11(18)9-6-5-8(13)7-10(9)12-14-16-17-15-12;/h5-7,11H,2-4H2,1H3,(H,14,15,16,17);/q-1;+1. The number of hydrogen-bond donors (Lipinski definition) is 1. The van der Waals surface area contributed by atoms with Crippen molar-refractivity contribution in [3.63, 3.8) is 0 Å². The number of tetrazole rings is 1. The van der Waals surface area contributed by atoms with E-state index in [2.05, 4.69) is 43.5 Å². The molecule has 96 valence electrons. The predicted octanol–water partition coefficient (Wildman–Crippen LogP) is -0.775. The molecule has 1 atom stereocenters. The van der Waals surface area contributed by atoms with Gasteiger partial charge in [0.25, 0.3) is 0 Å². The van der Waals surface area contributed by atoms with E-state index in [9.17, 15) is 5.11 Å². The quantitative estimate of drug-likeness (QED) is 0.734. The fraction of sp³-hybridized carbons (Fsp3) is 0.417. The molecule has 1 heterocycles. The molecule has 2 aromatic rings. The van der Waals surface area contributed by atoms with Gasteiger partial charge in [-0.05, 0) is 17.3 Å². The SMILES string of the molecule is CCCCC([O-])c1ccc(Br)cc1-c1nn[nH]n1.[Li+]. The zero-order valence-corrected chi connectivity index (χ0v) is 12.6. The first-order chi connectivity index (χ1) is 8.72. The second-order valence-electron chi connectivity index (χ2n) is 4.10. The number of nitrogens with zero attached hydrogens (tertiary/aromatic N) is 3. The maximum Gasteiger partial charge on any atom is 1.00 e. The van der Waals surface area contributed by atoms with E-state index in [1.807, 2.05) is 18.2 Å². The summed E-state index contributed by atoms with van der Waals surface area (Å²) in [6.45, 7) is 2.08. The van der Waals surface area contributed by atoms with Crippen molar-refractivity contribution in [3.05, 3.63) is 28.2 Å². The van der Waals surface area contributed by atoms with Crippen LogP contribution in [0.15, 0.2) is 22.7 Å². The molecule has 7 heteroatoms. The third kappa shape index (κ3) is 4.15. The Labute approximate surface area is 132 Å². The van der Waals surface area contributed by atoms with E-state index in [1.54, 1.807) is 0 Å². The number of aromatic amines is 1. The minimum atomic E-state index is -0.744. The zero-order chi connectivity index (χ0) is 13.0. The van der Waals surface area contributed by atoms with Crippen LogP contribution < -0.4 is 24.0 Å². The summed E-state index contributed by atoms with van der Waals surface area (Å²) < 4.78 is 0.897. The summed E-state index contributed by atoms with van der Waals surface area (Å²) in [6.07, 6.45) is 1.83. The molecule has 0 bridgehead atoms. The molecular weight excluding hydrogens is 303 g/mol. The van der Waals surface area contributed by atoms with Gasteiger partial charge in [-0.2, -0.15) is 5.21 Å². The average Bonchev–Trinajstić information content (AvgIpc) is 2.89. The van der Waals surface area contributed by atoms with Crippen molar-refractivity contribution in [1.82, 2.24) is 20.6 Å². The minimum Gasteiger partial charge on any atom is -0.849 e. The van der Waals surface area contributed by atoms with Crippen molar-refractivity contribution in [2.45, 2.75) is 32.3 Å². The van der Waals surface area contributed by atoms with E-state index in [0.29, 0.717) is 12.2 Å². The molecular formula is C12H14BrLiN4O. The van der Waals surface area contributed by atoms with Crippen LogP contribution in [0.3, 0.4) is 0 Å². The van der Waals surface area contributed by atoms with Crippen molar-refractivity contribution < 1.29 is 24.0 Å². The van der Waals surface area contributed by atoms with Crippen molar-refractivity contribution in [1.29, 1.82) is 0 Å². The Morgan fingerprint density at radius 3 is 2.84 bits per heavy atom. The molecule has 1 aromatic heterocycles. The normalized spacial score (nSPS) is 11.9. The Kier molecular flexibility index (Phi) is 6.73. The summed E-state index contributed by atoms with van der Waals surface area (Å²) in [5.41, 5.74) is 1.47. The third-order valence-electron chi connectivity index (χ3n) is 2.77. The number of unbranched alkanes of at least 4 members (excludes halogenated alkanes) is 1. The van der Waals surface area contributed by atoms with Crippen LogP contribution in [-0.4, -0.2) is 20.6 Å². The van der Waals surface area contributed by atoms with Gasteiger partial charge < -0.3 is 5.11 Å². The van der Waals surface area contributed by atoms with Crippen molar-refractivity contribution in [2.24, 2.45) is 0 Å². The maximum absolute atomic E-state index is 12.2. The molecule has 0 saturated carbocycles. The molecule has 0 fully saturated rings. The Morgan fingerprint density at radius 1 is 1.42 bits per heavy atom. The maximum atomic E-state index is 12.2. The van der Waals surface area contributed by atoms with Crippen LogP contribution in [0.25, 0.3) is 11.4 Å². The van der Waals surface area contributed by atoms with E-state index in [-0.39, 0.29) is 18.9 Å². The number of rotatable bonds is 5. The summed E-state index contributed by atoms with van der Waals surface area (Å²) in [5, 5.41) is 26.0. The minimum absolute atomic E-state index is 0. The first-order valence-corrected chi connectivity index (χ1v) is 6.70. The van der Waals surface area contributed by atoms with Crippen LogP contribution in [0.4, 0.5) is 0 Å². The summed E-state index contributed by atoms with van der Waals surface area (Å²) in [7, 11) is 0. The number of aromatic nitrogens is 4. The van der Waals surface area contributed by atoms with Crippen LogP contribution in [0.2, 0.25) is 0 Å². The van der Waals surface area contributed by atoms with E-state index < -0.39 is 6.10 Å². The molecule has 5 nitrogen and oxygen atoms in total. The predicted molar refractivity (Wildman–Crippen MR) is 69.6 cm³/mol. The Bertz CT molecular complexity index is 506. The van der Waals surface area contributed by atoms with Gasteiger partial charge in [0.15, 0.2) is 0 Å². The van der Waals surface area contributed by atoms with Gasteiger partial charge in [-0.3, -0.25) is 0 Å². The number of H-pyrrole nitrogens is 1. The molecule has 1 unspecified atom stereocenters. The van der Waals surface area contributed by atoms with Crippen LogP contribution in [-0.2, 0) is 0 Å².